The second-order valence-electron chi connectivity index (χ2n) is 3.43. The van der Waals surface area contributed by atoms with E-state index < -0.39 is 0 Å². The SMILES string of the molecule is CC=C(C=CCCC)C(=CCC)CC. The van der Waals surface area contributed by atoms with Gasteiger partial charge in [-0.1, -0.05) is 51.5 Å². The fourth-order valence-electron chi connectivity index (χ4n) is 1.48. The van der Waals surface area contributed by atoms with Crippen LogP contribution in [0.1, 0.15) is 53.4 Å². The van der Waals surface area contributed by atoms with Crippen LogP contribution >= 0.6 is 0 Å². The lowest BCUT2D eigenvalue weighted by Gasteiger charge is -2.05. The first-order chi connectivity index (χ1) is 6.79. The van der Waals surface area contributed by atoms with E-state index in [9.17, 15) is 0 Å². The average molecular weight is 192 g/mol. The minimum Gasteiger partial charge on any atom is -0.0840 e. The summed E-state index contributed by atoms with van der Waals surface area (Å²) in [5, 5.41) is 0. The Morgan fingerprint density at radius 3 is 2.29 bits per heavy atom. The van der Waals surface area contributed by atoms with Crippen molar-refractivity contribution in [3.05, 3.63) is 35.5 Å². The first-order valence-corrected chi connectivity index (χ1v) is 5.82. The molecule has 0 amide bonds. The summed E-state index contributed by atoms with van der Waals surface area (Å²) in [5.41, 5.74) is 2.87. The van der Waals surface area contributed by atoms with Gasteiger partial charge in [-0.25, -0.2) is 0 Å². The van der Waals surface area contributed by atoms with Crippen LogP contribution in [0.4, 0.5) is 0 Å². The summed E-state index contributed by atoms with van der Waals surface area (Å²) in [5.74, 6) is 0. The molecule has 0 fully saturated rings. The van der Waals surface area contributed by atoms with Crippen molar-refractivity contribution in [2.45, 2.75) is 53.4 Å². The molecular formula is C14H24. The van der Waals surface area contributed by atoms with Gasteiger partial charge in [-0.05, 0) is 37.3 Å². The molecule has 80 valence electrons. The number of unbranched alkanes of at least 4 members (excludes halogenated alkanes) is 1. The van der Waals surface area contributed by atoms with E-state index >= 15 is 0 Å². The molecule has 0 heteroatoms. The van der Waals surface area contributed by atoms with E-state index in [1.54, 1.807) is 0 Å². The summed E-state index contributed by atoms with van der Waals surface area (Å²) in [6.45, 7) is 8.74. The molecular weight excluding hydrogens is 168 g/mol. The van der Waals surface area contributed by atoms with E-state index in [0.717, 1.165) is 12.8 Å². The van der Waals surface area contributed by atoms with E-state index in [2.05, 4.69) is 52.0 Å². The zero-order chi connectivity index (χ0) is 10.8. The van der Waals surface area contributed by atoms with Gasteiger partial charge in [0.2, 0.25) is 0 Å². The Morgan fingerprint density at radius 1 is 1.14 bits per heavy atom. The van der Waals surface area contributed by atoms with Crippen LogP contribution in [0.25, 0.3) is 0 Å². The van der Waals surface area contributed by atoms with Crippen LogP contribution < -0.4 is 0 Å². The third-order valence-electron chi connectivity index (χ3n) is 2.27. The number of allylic oxidation sites excluding steroid dienone is 6. The molecule has 0 aromatic heterocycles. The Morgan fingerprint density at radius 2 is 1.86 bits per heavy atom. The summed E-state index contributed by atoms with van der Waals surface area (Å²) in [7, 11) is 0. The molecule has 0 aromatic rings. The Balaban J connectivity index is 4.47. The summed E-state index contributed by atoms with van der Waals surface area (Å²) >= 11 is 0. The minimum absolute atomic E-state index is 1.13. The lowest BCUT2D eigenvalue weighted by Crippen LogP contribution is -1.85. The second-order valence-corrected chi connectivity index (χ2v) is 3.43. The van der Waals surface area contributed by atoms with E-state index in [0.29, 0.717) is 0 Å². The zero-order valence-electron chi connectivity index (χ0n) is 10.1. The van der Waals surface area contributed by atoms with Crippen LogP contribution in [0.3, 0.4) is 0 Å². The molecule has 0 unspecified atom stereocenters. The summed E-state index contributed by atoms with van der Waals surface area (Å²) in [4.78, 5) is 0. The fraction of sp³-hybridized carbons (Fsp3) is 0.571. The third kappa shape index (κ3) is 5.06. The predicted molar refractivity (Wildman–Crippen MR) is 66.5 cm³/mol. The Labute approximate surface area is 89.4 Å². The molecule has 0 aliphatic rings. The van der Waals surface area contributed by atoms with Crippen molar-refractivity contribution in [2.75, 3.05) is 0 Å². The number of hydrogen-bond donors (Lipinski definition) is 0. The van der Waals surface area contributed by atoms with E-state index in [1.165, 1.54) is 24.0 Å². The molecule has 0 heterocycles. The maximum atomic E-state index is 2.33. The Bertz CT molecular complexity index is 216. The monoisotopic (exact) mass is 192 g/mol. The topological polar surface area (TPSA) is 0 Å². The summed E-state index contributed by atoms with van der Waals surface area (Å²) < 4.78 is 0. The number of rotatable bonds is 6. The van der Waals surface area contributed by atoms with Crippen molar-refractivity contribution in [3.8, 4) is 0 Å². The highest BCUT2D eigenvalue weighted by molar-refractivity contribution is 5.39. The highest BCUT2D eigenvalue weighted by Crippen LogP contribution is 2.16. The smallest absolute Gasteiger partial charge is 0.0274 e. The van der Waals surface area contributed by atoms with Crippen LogP contribution in [0.5, 0.6) is 0 Å². The van der Waals surface area contributed by atoms with Crippen molar-refractivity contribution in [1.29, 1.82) is 0 Å². The van der Waals surface area contributed by atoms with Crippen molar-refractivity contribution in [3.63, 3.8) is 0 Å². The van der Waals surface area contributed by atoms with Crippen molar-refractivity contribution in [1.82, 2.24) is 0 Å². The van der Waals surface area contributed by atoms with Gasteiger partial charge in [-0.2, -0.15) is 0 Å². The molecule has 0 bridgehead atoms. The fourth-order valence-corrected chi connectivity index (χ4v) is 1.48. The Hall–Kier alpha value is -0.780. The molecule has 0 aliphatic carbocycles. The van der Waals surface area contributed by atoms with Crippen LogP contribution in [0, 0.1) is 0 Å². The van der Waals surface area contributed by atoms with Crippen molar-refractivity contribution >= 4 is 0 Å². The standard InChI is InChI=1S/C14H24/c1-5-9-10-12-14(8-4)13(7-3)11-6-2/h8,10-12H,5-7,9H2,1-4H3. The van der Waals surface area contributed by atoms with Crippen LogP contribution in [0.15, 0.2) is 35.5 Å². The van der Waals surface area contributed by atoms with Gasteiger partial charge in [0.25, 0.3) is 0 Å². The van der Waals surface area contributed by atoms with Gasteiger partial charge in [0.05, 0.1) is 0 Å². The maximum absolute atomic E-state index is 2.33. The predicted octanol–water partition coefficient (Wildman–Crippen LogP) is 5.04. The zero-order valence-corrected chi connectivity index (χ0v) is 10.1. The van der Waals surface area contributed by atoms with Gasteiger partial charge in [0.15, 0.2) is 0 Å². The normalized spacial score (nSPS) is 14.0. The minimum atomic E-state index is 1.13. The molecule has 0 saturated heterocycles. The van der Waals surface area contributed by atoms with Crippen LogP contribution in [0.2, 0.25) is 0 Å². The molecule has 14 heavy (non-hydrogen) atoms. The quantitative estimate of drug-likeness (QED) is 0.517. The lowest BCUT2D eigenvalue weighted by molar-refractivity contribution is 0.956. The largest absolute Gasteiger partial charge is 0.0840 e. The van der Waals surface area contributed by atoms with Crippen LogP contribution in [-0.2, 0) is 0 Å². The van der Waals surface area contributed by atoms with E-state index in [-0.39, 0.29) is 0 Å². The average Bonchev–Trinajstić information content (AvgIpc) is 2.22. The first kappa shape index (κ1) is 13.2. The van der Waals surface area contributed by atoms with Crippen LogP contribution in [-0.4, -0.2) is 0 Å². The summed E-state index contributed by atoms with van der Waals surface area (Å²) in [6, 6.07) is 0. The van der Waals surface area contributed by atoms with Gasteiger partial charge in [-0.3, -0.25) is 0 Å². The van der Waals surface area contributed by atoms with Gasteiger partial charge < -0.3 is 0 Å². The van der Waals surface area contributed by atoms with Crippen molar-refractivity contribution in [2.24, 2.45) is 0 Å². The van der Waals surface area contributed by atoms with Gasteiger partial charge in [0.1, 0.15) is 0 Å². The first-order valence-electron chi connectivity index (χ1n) is 5.82. The molecule has 0 saturated carbocycles. The third-order valence-corrected chi connectivity index (χ3v) is 2.27. The highest BCUT2D eigenvalue weighted by atomic mass is 14.0. The summed E-state index contributed by atoms with van der Waals surface area (Å²) in [6.07, 6.45) is 13.7. The molecule has 0 N–H and O–H groups in total. The molecule has 0 aliphatic heterocycles. The van der Waals surface area contributed by atoms with Gasteiger partial charge in [0, 0.05) is 0 Å². The molecule has 0 spiro atoms. The molecule has 0 radical (unpaired) electrons. The number of hydrogen-bond acceptors (Lipinski definition) is 0. The molecule has 0 atom stereocenters. The van der Waals surface area contributed by atoms with Crippen molar-refractivity contribution < 1.29 is 0 Å². The molecule has 0 rings (SSSR count). The highest BCUT2D eigenvalue weighted by Gasteiger charge is 1.96. The van der Waals surface area contributed by atoms with Gasteiger partial charge >= 0.3 is 0 Å². The second kappa shape index (κ2) is 8.80. The van der Waals surface area contributed by atoms with E-state index in [1.807, 2.05) is 0 Å². The molecule has 0 nitrogen and oxygen atoms in total. The Kier molecular flexibility index (Phi) is 8.31. The lowest BCUT2D eigenvalue weighted by atomic mass is 10.0. The van der Waals surface area contributed by atoms with Gasteiger partial charge in [-0.15, -0.1) is 0 Å². The molecule has 0 aromatic carbocycles. The maximum Gasteiger partial charge on any atom is -0.0274 e. The van der Waals surface area contributed by atoms with E-state index in [4.69, 9.17) is 0 Å².